The largest absolute Gasteiger partial charge is 0.350 e. The number of para-hydroxylation sites is 2. The van der Waals surface area contributed by atoms with Crippen molar-refractivity contribution in [3.05, 3.63) is 72.1 Å². The van der Waals surface area contributed by atoms with Gasteiger partial charge in [0.15, 0.2) is 0 Å². The third kappa shape index (κ3) is 3.65. The fourth-order valence-corrected chi connectivity index (χ4v) is 4.74. The van der Waals surface area contributed by atoms with Crippen molar-refractivity contribution in [2.45, 2.75) is 13.0 Å². The predicted molar refractivity (Wildman–Crippen MR) is 131 cm³/mol. The van der Waals surface area contributed by atoms with Crippen LogP contribution >= 0.6 is 0 Å². The van der Waals surface area contributed by atoms with E-state index in [0.29, 0.717) is 17.7 Å². The van der Waals surface area contributed by atoms with Crippen LogP contribution < -0.4 is 16.4 Å². The molecule has 1 aliphatic rings. The Balaban J connectivity index is 1.65. The molecule has 33 heavy (non-hydrogen) atoms. The van der Waals surface area contributed by atoms with Gasteiger partial charge in [0.05, 0.1) is 11.1 Å². The first-order valence-electron chi connectivity index (χ1n) is 11.2. The van der Waals surface area contributed by atoms with E-state index in [1.165, 1.54) is 0 Å². The van der Waals surface area contributed by atoms with Crippen molar-refractivity contribution in [3.8, 4) is 0 Å². The maximum absolute atomic E-state index is 13.1. The van der Waals surface area contributed by atoms with E-state index in [1.54, 1.807) is 0 Å². The predicted octanol–water partition coefficient (Wildman–Crippen LogP) is 2.64. The van der Waals surface area contributed by atoms with E-state index < -0.39 is 0 Å². The molecular formula is C26H27N5O2. The first-order valence-corrected chi connectivity index (χ1v) is 11.2. The van der Waals surface area contributed by atoms with Crippen molar-refractivity contribution in [2.75, 3.05) is 19.6 Å². The fourth-order valence-electron chi connectivity index (χ4n) is 4.74. The molecule has 0 aliphatic carbocycles. The lowest BCUT2D eigenvalue weighted by molar-refractivity contribution is -0.122. The third-order valence-corrected chi connectivity index (χ3v) is 6.23. The molecule has 7 heteroatoms. The SMILES string of the molecule is Cn1cc(C2=C(c3cn(CCCNCCN)c4ccccc34)C(=O)NC2=O)c2ccccc21. The van der Waals surface area contributed by atoms with Crippen molar-refractivity contribution in [3.63, 3.8) is 0 Å². The van der Waals surface area contributed by atoms with Gasteiger partial charge in [0.25, 0.3) is 11.8 Å². The Kier molecular flexibility index (Phi) is 5.58. The molecule has 4 N–H and O–H groups in total. The Labute approximate surface area is 191 Å². The normalized spacial score (nSPS) is 14.1. The van der Waals surface area contributed by atoms with Crippen molar-refractivity contribution in [1.29, 1.82) is 0 Å². The molecule has 2 aromatic carbocycles. The van der Waals surface area contributed by atoms with E-state index in [0.717, 1.165) is 59.0 Å². The summed E-state index contributed by atoms with van der Waals surface area (Å²) in [6, 6.07) is 15.9. The zero-order valence-corrected chi connectivity index (χ0v) is 18.6. The number of fused-ring (bicyclic) bond motifs is 2. The van der Waals surface area contributed by atoms with E-state index in [2.05, 4.69) is 21.3 Å². The van der Waals surface area contributed by atoms with Gasteiger partial charge >= 0.3 is 0 Å². The molecule has 0 bridgehead atoms. The second-order valence-electron chi connectivity index (χ2n) is 8.35. The number of hydrogen-bond acceptors (Lipinski definition) is 4. The van der Waals surface area contributed by atoms with Gasteiger partial charge in [-0.2, -0.15) is 0 Å². The van der Waals surface area contributed by atoms with E-state index in [-0.39, 0.29) is 11.8 Å². The molecule has 2 aromatic heterocycles. The minimum absolute atomic E-state index is 0.351. The lowest BCUT2D eigenvalue weighted by Gasteiger charge is -2.06. The monoisotopic (exact) mass is 441 g/mol. The average molecular weight is 442 g/mol. The number of amides is 2. The second kappa shape index (κ2) is 8.69. The molecule has 3 heterocycles. The Morgan fingerprint density at radius 1 is 0.848 bits per heavy atom. The highest BCUT2D eigenvalue weighted by Crippen LogP contribution is 2.38. The van der Waals surface area contributed by atoms with Gasteiger partial charge < -0.3 is 20.2 Å². The first-order chi connectivity index (χ1) is 16.1. The molecular weight excluding hydrogens is 414 g/mol. The van der Waals surface area contributed by atoms with Crippen LogP contribution in [0.1, 0.15) is 17.5 Å². The van der Waals surface area contributed by atoms with Gasteiger partial charge in [-0.05, 0) is 25.1 Å². The van der Waals surface area contributed by atoms with Crippen LogP contribution in [0.15, 0.2) is 60.9 Å². The van der Waals surface area contributed by atoms with Gasteiger partial charge in [0.2, 0.25) is 0 Å². The lowest BCUT2D eigenvalue weighted by Crippen LogP contribution is -2.24. The van der Waals surface area contributed by atoms with Gasteiger partial charge in [-0.1, -0.05) is 36.4 Å². The van der Waals surface area contributed by atoms with E-state index >= 15 is 0 Å². The number of aromatic nitrogens is 2. The summed E-state index contributed by atoms with van der Waals surface area (Å²) in [4.78, 5) is 26.1. The highest BCUT2D eigenvalue weighted by atomic mass is 16.2. The summed E-state index contributed by atoms with van der Waals surface area (Å²) < 4.78 is 4.15. The smallest absolute Gasteiger partial charge is 0.259 e. The highest BCUT2D eigenvalue weighted by molar-refractivity contribution is 6.50. The molecule has 0 spiro atoms. The molecule has 0 radical (unpaired) electrons. The minimum Gasteiger partial charge on any atom is -0.350 e. The molecule has 2 amide bonds. The molecule has 0 saturated carbocycles. The number of carbonyl (C=O) groups is 2. The number of imide groups is 1. The lowest BCUT2D eigenvalue weighted by atomic mass is 9.95. The summed E-state index contributed by atoms with van der Waals surface area (Å²) in [5.74, 6) is -0.704. The quantitative estimate of drug-likeness (QED) is 0.289. The fraction of sp³-hybridized carbons (Fsp3) is 0.231. The van der Waals surface area contributed by atoms with E-state index in [4.69, 9.17) is 5.73 Å². The van der Waals surface area contributed by atoms with Crippen molar-refractivity contribution in [2.24, 2.45) is 12.8 Å². The molecule has 0 fully saturated rings. The van der Waals surface area contributed by atoms with Crippen LogP contribution in [0, 0.1) is 0 Å². The Morgan fingerprint density at radius 3 is 2.15 bits per heavy atom. The number of nitrogens with zero attached hydrogens (tertiary/aromatic N) is 2. The summed E-state index contributed by atoms with van der Waals surface area (Å²) in [7, 11) is 1.95. The van der Waals surface area contributed by atoms with Crippen molar-refractivity contribution < 1.29 is 9.59 Å². The molecule has 7 nitrogen and oxygen atoms in total. The van der Waals surface area contributed by atoms with Crippen LogP contribution in [0.3, 0.4) is 0 Å². The Bertz CT molecular complexity index is 1410. The molecule has 0 atom stereocenters. The molecule has 0 unspecified atom stereocenters. The topological polar surface area (TPSA) is 94.1 Å². The molecule has 5 rings (SSSR count). The summed E-state index contributed by atoms with van der Waals surface area (Å²) in [5, 5.41) is 7.77. The number of rotatable bonds is 8. The Hall–Kier alpha value is -3.68. The molecule has 0 saturated heterocycles. The van der Waals surface area contributed by atoms with Gasteiger partial charge in [0.1, 0.15) is 0 Å². The number of carbonyl (C=O) groups excluding carboxylic acids is 2. The number of nitrogens with one attached hydrogen (secondary N) is 2. The minimum atomic E-state index is -0.353. The van der Waals surface area contributed by atoms with Gasteiger partial charge in [-0.15, -0.1) is 0 Å². The second-order valence-corrected chi connectivity index (χ2v) is 8.35. The zero-order chi connectivity index (χ0) is 22.9. The van der Waals surface area contributed by atoms with Crippen molar-refractivity contribution >= 4 is 44.8 Å². The molecule has 168 valence electrons. The zero-order valence-electron chi connectivity index (χ0n) is 18.6. The summed E-state index contributed by atoms with van der Waals surface area (Å²) in [6.45, 7) is 3.07. The highest BCUT2D eigenvalue weighted by Gasteiger charge is 2.35. The number of benzene rings is 2. The third-order valence-electron chi connectivity index (χ3n) is 6.23. The van der Waals surface area contributed by atoms with Crippen molar-refractivity contribution in [1.82, 2.24) is 19.8 Å². The standard InChI is InChI=1S/C26H27N5O2/c1-30-15-19(17-7-2-4-9-21(17)30)23-24(26(33)29-25(23)32)20-16-31(14-6-12-28-13-11-27)22-10-5-3-8-18(20)22/h2-5,7-10,15-16,28H,6,11-14,27H2,1H3,(H,29,32,33). The van der Waals surface area contributed by atoms with Crippen LogP contribution in [-0.2, 0) is 23.2 Å². The van der Waals surface area contributed by atoms with Gasteiger partial charge in [-0.25, -0.2) is 0 Å². The summed E-state index contributed by atoms with van der Waals surface area (Å²) in [5.41, 5.74) is 10.0. The van der Waals surface area contributed by atoms with E-state index in [1.807, 2.05) is 66.5 Å². The maximum Gasteiger partial charge on any atom is 0.259 e. The van der Waals surface area contributed by atoms with Crippen LogP contribution in [0.5, 0.6) is 0 Å². The van der Waals surface area contributed by atoms with Crippen LogP contribution in [0.2, 0.25) is 0 Å². The number of hydrogen-bond donors (Lipinski definition) is 3. The first kappa shape index (κ1) is 21.2. The van der Waals surface area contributed by atoms with Crippen LogP contribution in [-0.4, -0.2) is 40.6 Å². The van der Waals surface area contributed by atoms with Crippen LogP contribution in [0.25, 0.3) is 33.0 Å². The summed E-state index contributed by atoms with van der Waals surface area (Å²) in [6.07, 6.45) is 4.87. The van der Waals surface area contributed by atoms with Crippen LogP contribution in [0.4, 0.5) is 0 Å². The van der Waals surface area contributed by atoms with E-state index in [9.17, 15) is 9.59 Å². The average Bonchev–Trinajstić information content (AvgIpc) is 3.44. The summed E-state index contributed by atoms with van der Waals surface area (Å²) >= 11 is 0. The maximum atomic E-state index is 13.1. The number of nitrogens with two attached hydrogens (primary N) is 1. The molecule has 4 aromatic rings. The van der Waals surface area contributed by atoms with Gasteiger partial charge in [-0.3, -0.25) is 14.9 Å². The number of aryl methyl sites for hydroxylation is 2. The Morgan fingerprint density at radius 2 is 1.45 bits per heavy atom. The van der Waals surface area contributed by atoms with Gasteiger partial charge in [0, 0.05) is 72.0 Å². The molecule has 1 aliphatic heterocycles.